The first kappa shape index (κ1) is 23.3. The summed E-state index contributed by atoms with van der Waals surface area (Å²) in [6.45, 7) is -0.108. The minimum Gasteiger partial charge on any atom is -0.493 e. The molecule has 2 saturated heterocycles. The van der Waals surface area contributed by atoms with Gasteiger partial charge >= 0.3 is 6.36 Å². The van der Waals surface area contributed by atoms with Gasteiger partial charge in [0, 0.05) is 24.7 Å². The van der Waals surface area contributed by atoms with E-state index in [0.717, 1.165) is 5.69 Å². The molecule has 0 radical (unpaired) electrons. The molecule has 4 rings (SSSR count). The molecule has 0 N–H and O–H groups in total. The Bertz CT molecular complexity index is 974. The second kappa shape index (κ2) is 9.54. The van der Waals surface area contributed by atoms with Gasteiger partial charge in [-0.25, -0.2) is 0 Å². The van der Waals surface area contributed by atoms with Crippen LogP contribution in [0.5, 0.6) is 11.5 Å². The number of methoxy groups -OCH3 is 1. The van der Waals surface area contributed by atoms with Crippen LogP contribution in [0.1, 0.15) is 22.5 Å². The molecule has 1 aromatic carbocycles. The first-order chi connectivity index (χ1) is 15.8. The first-order valence-electron chi connectivity index (χ1n) is 10.3. The molecule has 0 aliphatic carbocycles. The number of carbonyl (C=O) groups is 1. The van der Waals surface area contributed by atoms with Gasteiger partial charge in [0.15, 0.2) is 11.5 Å². The van der Waals surface area contributed by atoms with Gasteiger partial charge in [-0.15, -0.1) is 13.2 Å². The van der Waals surface area contributed by atoms with Crippen LogP contribution in [-0.4, -0.2) is 68.5 Å². The zero-order chi connectivity index (χ0) is 23.5. The van der Waals surface area contributed by atoms with E-state index in [1.54, 1.807) is 11.1 Å². The maximum absolute atomic E-state index is 13.2. The lowest BCUT2D eigenvalue weighted by molar-refractivity contribution is -0.325. The van der Waals surface area contributed by atoms with E-state index in [1.807, 2.05) is 18.2 Å². The zero-order valence-corrected chi connectivity index (χ0v) is 17.8. The average Bonchev–Trinajstić information content (AvgIpc) is 3.26. The number of nitrogens with zero attached hydrogens (tertiary/aromatic N) is 2. The van der Waals surface area contributed by atoms with Crippen LogP contribution >= 0.6 is 0 Å². The molecule has 1 aromatic heterocycles. The number of hydrogen-bond acceptors (Lipinski definition) is 7. The number of benzene rings is 1. The lowest BCUT2D eigenvalue weighted by atomic mass is 9.85. The molecule has 2 fully saturated rings. The van der Waals surface area contributed by atoms with Gasteiger partial charge in [-0.3, -0.25) is 14.5 Å². The van der Waals surface area contributed by atoms with Crippen LogP contribution in [0.15, 0.2) is 42.6 Å². The predicted octanol–water partition coefficient (Wildman–Crippen LogP) is 3.12. The summed E-state index contributed by atoms with van der Waals surface area (Å²) in [4.78, 5) is 19.3. The van der Waals surface area contributed by atoms with Crippen LogP contribution in [0, 0.1) is 0 Å². The van der Waals surface area contributed by atoms with E-state index in [2.05, 4.69) is 9.72 Å². The summed E-state index contributed by atoms with van der Waals surface area (Å²) < 4.78 is 62.2. The Morgan fingerprint density at radius 3 is 2.82 bits per heavy atom. The third-order valence-electron chi connectivity index (χ3n) is 5.65. The molecule has 0 saturated carbocycles. The van der Waals surface area contributed by atoms with Crippen molar-refractivity contribution >= 4 is 5.91 Å². The molecule has 11 heteroatoms. The summed E-state index contributed by atoms with van der Waals surface area (Å²) in [7, 11) is 1.38. The van der Waals surface area contributed by atoms with Gasteiger partial charge in [0.25, 0.3) is 5.91 Å². The smallest absolute Gasteiger partial charge is 0.493 e. The fourth-order valence-electron chi connectivity index (χ4n) is 4.05. The SMILES string of the molecule is COc1cc(C(=O)N2CC[C@]3(c4ccccn4)OCOC3C2)ccc1OCCOC(F)(F)F. The number of rotatable bonds is 7. The fourth-order valence-corrected chi connectivity index (χ4v) is 4.05. The first-order valence-corrected chi connectivity index (χ1v) is 10.3. The van der Waals surface area contributed by atoms with Crippen molar-refractivity contribution in [3.63, 3.8) is 0 Å². The van der Waals surface area contributed by atoms with Crippen LogP contribution in [0.2, 0.25) is 0 Å². The van der Waals surface area contributed by atoms with E-state index in [9.17, 15) is 18.0 Å². The van der Waals surface area contributed by atoms with Crippen molar-refractivity contribution in [2.75, 3.05) is 40.2 Å². The van der Waals surface area contributed by atoms with Crippen molar-refractivity contribution in [3.05, 3.63) is 53.9 Å². The van der Waals surface area contributed by atoms with Crippen LogP contribution in [-0.2, 0) is 19.8 Å². The molecule has 2 aliphatic heterocycles. The summed E-state index contributed by atoms with van der Waals surface area (Å²) in [5.41, 5.74) is 0.443. The fraction of sp³-hybridized carbons (Fsp3) is 0.455. The lowest BCUT2D eigenvalue weighted by Crippen LogP contribution is -2.53. The van der Waals surface area contributed by atoms with Gasteiger partial charge < -0.3 is 23.8 Å². The number of carbonyl (C=O) groups excluding carboxylic acids is 1. The molecular weight excluding hydrogens is 445 g/mol. The standard InChI is InChI=1S/C22H23F3N2O6/c1-29-17-12-15(5-6-16(17)30-10-11-32-22(23,24)25)20(28)27-9-7-21(18-4-2-3-8-26-18)19(13-27)31-14-33-21/h2-6,8,12,19H,7,9-11,13-14H2,1H3/t19?,21-/m1/s1. The van der Waals surface area contributed by atoms with E-state index < -0.39 is 18.6 Å². The van der Waals surface area contributed by atoms with Crippen molar-refractivity contribution < 1.29 is 41.7 Å². The van der Waals surface area contributed by atoms with Gasteiger partial charge in [0.2, 0.25) is 0 Å². The topological polar surface area (TPSA) is 79.4 Å². The number of alkyl halides is 3. The molecule has 0 bridgehead atoms. The molecule has 178 valence electrons. The Morgan fingerprint density at radius 2 is 2.09 bits per heavy atom. The summed E-state index contributed by atoms with van der Waals surface area (Å²) in [5, 5.41) is 0. The third-order valence-corrected chi connectivity index (χ3v) is 5.65. The van der Waals surface area contributed by atoms with E-state index in [0.29, 0.717) is 25.1 Å². The van der Waals surface area contributed by atoms with Crippen LogP contribution in [0.4, 0.5) is 13.2 Å². The minimum atomic E-state index is -4.72. The number of hydrogen-bond donors (Lipinski definition) is 0. The number of amides is 1. The largest absolute Gasteiger partial charge is 0.522 e. The van der Waals surface area contributed by atoms with Crippen molar-refractivity contribution in [1.29, 1.82) is 0 Å². The van der Waals surface area contributed by atoms with E-state index in [1.165, 1.54) is 25.3 Å². The number of likely N-dealkylation sites (tertiary alicyclic amines) is 1. The van der Waals surface area contributed by atoms with Gasteiger partial charge in [-0.1, -0.05) is 6.07 Å². The Morgan fingerprint density at radius 1 is 1.24 bits per heavy atom. The summed E-state index contributed by atoms with van der Waals surface area (Å²) in [6, 6.07) is 10.1. The van der Waals surface area contributed by atoms with Gasteiger partial charge in [0.1, 0.15) is 25.1 Å². The average molecular weight is 468 g/mol. The summed E-state index contributed by atoms with van der Waals surface area (Å²) in [5.74, 6) is 0.207. The Balaban J connectivity index is 1.42. The number of halogens is 3. The summed E-state index contributed by atoms with van der Waals surface area (Å²) >= 11 is 0. The molecule has 1 amide bonds. The maximum Gasteiger partial charge on any atom is 0.522 e. The molecule has 3 heterocycles. The summed E-state index contributed by atoms with van der Waals surface area (Å²) in [6.07, 6.45) is -2.85. The Labute approximate surface area is 188 Å². The van der Waals surface area contributed by atoms with E-state index in [4.69, 9.17) is 18.9 Å². The second-order valence-corrected chi connectivity index (χ2v) is 7.53. The highest BCUT2D eigenvalue weighted by Gasteiger charge is 2.52. The van der Waals surface area contributed by atoms with Gasteiger partial charge in [-0.2, -0.15) is 0 Å². The molecule has 2 atom stereocenters. The minimum absolute atomic E-state index is 0.126. The molecule has 33 heavy (non-hydrogen) atoms. The van der Waals surface area contributed by atoms with Crippen molar-refractivity contribution in [2.45, 2.75) is 24.5 Å². The normalized spacial score (nSPS) is 22.7. The predicted molar refractivity (Wildman–Crippen MR) is 108 cm³/mol. The molecule has 0 spiro atoms. The zero-order valence-electron chi connectivity index (χ0n) is 17.8. The number of fused-ring (bicyclic) bond motifs is 1. The molecule has 2 aromatic rings. The quantitative estimate of drug-likeness (QED) is 0.578. The molecule has 1 unspecified atom stereocenters. The Kier molecular flexibility index (Phi) is 6.73. The van der Waals surface area contributed by atoms with E-state index >= 15 is 0 Å². The lowest BCUT2D eigenvalue weighted by Gasteiger charge is -2.41. The number of piperidine rings is 1. The molecule has 2 aliphatic rings. The highest BCUT2D eigenvalue weighted by molar-refractivity contribution is 5.95. The highest BCUT2D eigenvalue weighted by Crippen LogP contribution is 2.42. The second-order valence-electron chi connectivity index (χ2n) is 7.53. The van der Waals surface area contributed by atoms with Crippen molar-refractivity contribution in [1.82, 2.24) is 9.88 Å². The number of ether oxygens (including phenoxy) is 5. The van der Waals surface area contributed by atoms with Crippen LogP contribution < -0.4 is 9.47 Å². The third kappa shape index (κ3) is 5.05. The molecule has 8 nitrogen and oxygen atoms in total. The van der Waals surface area contributed by atoms with Crippen LogP contribution in [0.25, 0.3) is 0 Å². The van der Waals surface area contributed by atoms with Crippen LogP contribution in [0.3, 0.4) is 0 Å². The molecular formula is C22H23F3N2O6. The van der Waals surface area contributed by atoms with Crippen molar-refractivity contribution in [3.8, 4) is 11.5 Å². The van der Waals surface area contributed by atoms with Crippen molar-refractivity contribution in [2.24, 2.45) is 0 Å². The van der Waals surface area contributed by atoms with Gasteiger partial charge in [0.05, 0.1) is 26.0 Å². The number of pyridine rings is 1. The van der Waals surface area contributed by atoms with E-state index in [-0.39, 0.29) is 36.9 Å². The monoisotopic (exact) mass is 468 g/mol. The number of aromatic nitrogens is 1. The highest BCUT2D eigenvalue weighted by atomic mass is 19.4. The maximum atomic E-state index is 13.2. The van der Waals surface area contributed by atoms with Gasteiger partial charge in [-0.05, 0) is 30.3 Å². The Hall–Kier alpha value is -2.89.